The Morgan fingerprint density at radius 1 is 0.900 bits per heavy atom. The summed E-state index contributed by atoms with van der Waals surface area (Å²) < 4.78 is 20.8. The number of methoxy groups -OCH3 is 2. The molecule has 0 heterocycles. The molecule has 0 bridgehead atoms. The van der Waals surface area contributed by atoms with Crippen molar-refractivity contribution in [3.63, 3.8) is 0 Å². The standard InChI is InChI=1S/C23H29NO6/c1-4-29-19-9-5-17(6-10-19)13-14-24-22(25)16-30-20-11-7-18(8-12-20)15-21(27-2)23(26)28-3/h5-12,21H,4,13-16H2,1-3H3,(H,24,25). The molecule has 2 aromatic carbocycles. The van der Waals surface area contributed by atoms with E-state index in [0.717, 1.165) is 23.3 Å². The molecule has 0 saturated carbocycles. The van der Waals surface area contributed by atoms with E-state index in [9.17, 15) is 9.59 Å². The van der Waals surface area contributed by atoms with E-state index >= 15 is 0 Å². The Labute approximate surface area is 177 Å². The summed E-state index contributed by atoms with van der Waals surface area (Å²) in [5.41, 5.74) is 2.02. The van der Waals surface area contributed by atoms with Crippen molar-refractivity contribution >= 4 is 11.9 Å². The number of amides is 1. The summed E-state index contributed by atoms with van der Waals surface area (Å²) in [7, 11) is 2.79. The minimum Gasteiger partial charge on any atom is -0.494 e. The molecule has 0 aliphatic rings. The molecule has 2 aromatic rings. The number of rotatable bonds is 12. The number of carbonyl (C=O) groups excluding carboxylic acids is 2. The third kappa shape index (κ3) is 7.75. The van der Waals surface area contributed by atoms with Crippen LogP contribution in [0, 0.1) is 0 Å². The number of carbonyl (C=O) groups is 2. The quantitative estimate of drug-likeness (QED) is 0.537. The van der Waals surface area contributed by atoms with Crippen molar-refractivity contribution in [2.45, 2.75) is 25.9 Å². The van der Waals surface area contributed by atoms with Gasteiger partial charge >= 0.3 is 5.97 Å². The lowest BCUT2D eigenvalue weighted by Crippen LogP contribution is -2.30. The van der Waals surface area contributed by atoms with E-state index in [2.05, 4.69) is 5.32 Å². The fraction of sp³-hybridized carbons (Fsp3) is 0.391. The van der Waals surface area contributed by atoms with E-state index in [-0.39, 0.29) is 12.5 Å². The van der Waals surface area contributed by atoms with Gasteiger partial charge in [-0.15, -0.1) is 0 Å². The Morgan fingerprint density at radius 3 is 2.07 bits per heavy atom. The highest BCUT2D eigenvalue weighted by Gasteiger charge is 2.18. The summed E-state index contributed by atoms with van der Waals surface area (Å²) in [6, 6.07) is 15.0. The molecule has 0 aromatic heterocycles. The molecule has 0 radical (unpaired) electrons. The van der Waals surface area contributed by atoms with Crippen molar-refractivity contribution in [3.8, 4) is 11.5 Å². The predicted octanol–water partition coefficient (Wildman–Crippen LogP) is 2.55. The molecule has 1 N–H and O–H groups in total. The van der Waals surface area contributed by atoms with Gasteiger partial charge < -0.3 is 24.3 Å². The average molecular weight is 415 g/mol. The van der Waals surface area contributed by atoms with Gasteiger partial charge in [-0.25, -0.2) is 4.79 Å². The lowest BCUT2D eigenvalue weighted by atomic mass is 10.1. The predicted molar refractivity (Wildman–Crippen MR) is 113 cm³/mol. The lowest BCUT2D eigenvalue weighted by molar-refractivity contribution is -0.152. The SMILES string of the molecule is CCOc1ccc(CCNC(=O)COc2ccc(CC(OC)C(=O)OC)cc2)cc1. The van der Waals surface area contributed by atoms with E-state index in [4.69, 9.17) is 18.9 Å². The van der Waals surface area contributed by atoms with E-state index in [0.29, 0.717) is 25.3 Å². The molecular weight excluding hydrogens is 386 g/mol. The molecule has 1 atom stereocenters. The van der Waals surface area contributed by atoms with Crippen LogP contribution in [-0.4, -0.2) is 52.0 Å². The first-order valence-electron chi connectivity index (χ1n) is 9.86. The van der Waals surface area contributed by atoms with Crippen LogP contribution >= 0.6 is 0 Å². The monoisotopic (exact) mass is 415 g/mol. The topological polar surface area (TPSA) is 83.1 Å². The molecular formula is C23H29NO6. The molecule has 0 saturated heterocycles. The van der Waals surface area contributed by atoms with Crippen LogP contribution in [0.5, 0.6) is 11.5 Å². The van der Waals surface area contributed by atoms with Gasteiger partial charge in [-0.1, -0.05) is 24.3 Å². The van der Waals surface area contributed by atoms with Crippen molar-refractivity contribution < 1.29 is 28.5 Å². The smallest absolute Gasteiger partial charge is 0.335 e. The Kier molecular flexibility index (Phi) is 9.67. The second-order valence-electron chi connectivity index (χ2n) is 6.56. The second kappa shape index (κ2) is 12.5. The number of benzene rings is 2. The lowest BCUT2D eigenvalue weighted by Gasteiger charge is -2.13. The fourth-order valence-corrected chi connectivity index (χ4v) is 2.80. The number of esters is 1. The summed E-state index contributed by atoms with van der Waals surface area (Å²) in [6.07, 6.45) is 0.478. The molecule has 0 spiro atoms. The summed E-state index contributed by atoms with van der Waals surface area (Å²) in [5, 5.41) is 2.84. The third-order valence-corrected chi connectivity index (χ3v) is 4.43. The van der Waals surface area contributed by atoms with Gasteiger partial charge in [-0.2, -0.15) is 0 Å². The first kappa shape index (κ1) is 23.2. The Balaban J connectivity index is 1.70. The Bertz CT molecular complexity index is 788. The first-order valence-corrected chi connectivity index (χ1v) is 9.86. The van der Waals surface area contributed by atoms with Gasteiger partial charge in [0.05, 0.1) is 13.7 Å². The van der Waals surface area contributed by atoms with Gasteiger partial charge in [0.15, 0.2) is 12.7 Å². The van der Waals surface area contributed by atoms with Crippen LogP contribution in [0.25, 0.3) is 0 Å². The summed E-state index contributed by atoms with van der Waals surface area (Å²) >= 11 is 0. The molecule has 0 fully saturated rings. The average Bonchev–Trinajstić information content (AvgIpc) is 2.77. The van der Waals surface area contributed by atoms with Crippen molar-refractivity contribution in [1.82, 2.24) is 5.32 Å². The maximum absolute atomic E-state index is 12.0. The minimum atomic E-state index is -0.650. The van der Waals surface area contributed by atoms with Crippen LogP contribution in [-0.2, 0) is 31.9 Å². The van der Waals surface area contributed by atoms with Crippen LogP contribution in [0.3, 0.4) is 0 Å². The molecule has 2 rings (SSSR count). The van der Waals surface area contributed by atoms with E-state index < -0.39 is 12.1 Å². The van der Waals surface area contributed by atoms with Crippen molar-refractivity contribution in [1.29, 1.82) is 0 Å². The first-order chi connectivity index (χ1) is 14.5. The largest absolute Gasteiger partial charge is 0.494 e. The van der Waals surface area contributed by atoms with Gasteiger partial charge in [0.25, 0.3) is 5.91 Å². The maximum atomic E-state index is 12.0. The molecule has 0 aliphatic carbocycles. The Hall–Kier alpha value is -3.06. The highest BCUT2D eigenvalue weighted by atomic mass is 16.6. The molecule has 30 heavy (non-hydrogen) atoms. The highest BCUT2D eigenvalue weighted by molar-refractivity contribution is 5.77. The van der Waals surface area contributed by atoms with E-state index in [1.54, 1.807) is 12.1 Å². The van der Waals surface area contributed by atoms with Crippen LogP contribution in [0.4, 0.5) is 0 Å². The summed E-state index contributed by atoms with van der Waals surface area (Å²) in [6.45, 7) is 3.05. The zero-order valence-corrected chi connectivity index (χ0v) is 17.7. The number of nitrogens with one attached hydrogen (secondary N) is 1. The van der Waals surface area contributed by atoms with E-state index in [1.165, 1.54) is 14.2 Å². The molecule has 7 nitrogen and oxygen atoms in total. The van der Waals surface area contributed by atoms with Crippen molar-refractivity contribution in [3.05, 3.63) is 59.7 Å². The molecule has 162 valence electrons. The van der Waals surface area contributed by atoms with Crippen molar-refractivity contribution in [2.24, 2.45) is 0 Å². The van der Waals surface area contributed by atoms with Gasteiger partial charge in [0.2, 0.25) is 0 Å². The van der Waals surface area contributed by atoms with Crippen LogP contribution in [0.1, 0.15) is 18.1 Å². The van der Waals surface area contributed by atoms with Crippen LogP contribution in [0.15, 0.2) is 48.5 Å². The maximum Gasteiger partial charge on any atom is 0.335 e. The minimum absolute atomic E-state index is 0.0640. The molecule has 7 heteroatoms. The van der Waals surface area contributed by atoms with Gasteiger partial charge in [0.1, 0.15) is 11.5 Å². The van der Waals surface area contributed by atoms with Gasteiger partial charge in [-0.3, -0.25) is 4.79 Å². The second-order valence-corrected chi connectivity index (χ2v) is 6.56. The summed E-state index contributed by atoms with van der Waals surface area (Å²) in [5.74, 6) is 0.815. The third-order valence-electron chi connectivity index (χ3n) is 4.43. The Morgan fingerprint density at radius 2 is 1.50 bits per heavy atom. The summed E-state index contributed by atoms with van der Waals surface area (Å²) in [4.78, 5) is 23.6. The normalized spacial score (nSPS) is 11.4. The van der Waals surface area contributed by atoms with Crippen molar-refractivity contribution in [2.75, 3.05) is 34.0 Å². The fourth-order valence-electron chi connectivity index (χ4n) is 2.80. The molecule has 1 amide bonds. The number of ether oxygens (including phenoxy) is 4. The van der Waals surface area contributed by atoms with E-state index in [1.807, 2.05) is 43.3 Å². The van der Waals surface area contributed by atoms with Gasteiger partial charge in [0, 0.05) is 20.1 Å². The zero-order valence-electron chi connectivity index (χ0n) is 17.7. The van der Waals surface area contributed by atoms with Crippen LogP contribution < -0.4 is 14.8 Å². The van der Waals surface area contributed by atoms with Crippen LogP contribution in [0.2, 0.25) is 0 Å². The van der Waals surface area contributed by atoms with Gasteiger partial charge in [-0.05, 0) is 48.7 Å². The number of hydrogen-bond donors (Lipinski definition) is 1. The number of hydrogen-bond acceptors (Lipinski definition) is 6. The zero-order chi connectivity index (χ0) is 21.8. The molecule has 1 unspecified atom stereocenters. The molecule has 0 aliphatic heterocycles. The highest BCUT2D eigenvalue weighted by Crippen LogP contribution is 2.15.